The molecule has 210 valence electrons. The average molecular weight is 552 g/mol. The van der Waals surface area contributed by atoms with Crippen molar-refractivity contribution < 1.29 is 14.2 Å². The lowest BCUT2D eigenvalue weighted by Gasteiger charge is -2.23. The minimum absolute atomic E-state index is 0.136. The second-order valence-corrected chi connectivity index (χ2v) is 9.96. The summed E-state index contributed by atoms with van der Waals surface area (Å²) in [5.41, 5.74) is 10.4. The van der Waals surface area contributed by atoms with E-state index in [-0.39, 0.29) is 11.6 Å². The number of benzene rings is 3. The van der Waals surface area contributed by atoms with E-state index in [2.05, 4.69) is 26.2 Å². The highest BCUT2D eigenvalue weighted by Crippen LogP contribution is 2.35. The highest BCUT2D eigenvalue weighted by Gasteiger charge is 2.33. The third-order valence-electron chi connectivity index (χ3n) is 7.03. The number of azo groups is 1. The van der Waals surface area contributed by atoms with Crippen molar-refractivity contribution in [1.29, 1.82) is 0 Å². The summed E-state index contributed by atoms with van der Waals surface area (Å²) in [7, 11) is 3.86. The van der Waals surface area contributed by atoms with E-state index in [1.807, 2.05) is 78.1 Å². The topological polar surface area (TPSA) is 130 Å². The molecular formula is C31H35N8O2+. The van der Waals surface area contributed by atoms with Crippen LogP contribution in [0.4, 0.5) is 28.7 Å². The summed E-state index contributed by atoms with van der Waals surface area (Å²) in [4.78, 5) is 27.0. The van der Waals surface area contributed by atoms with Crippen molar-refractivity contribution in [2.45, 2.75) is 12.8 Å². The first-order chi connectivity index (χ1) is 20.0. The van der Waals surface area contributed by atoms with Gasteiger partial charge in [0.25, 0.3) is 0 Å². The van der Waals surface area contributed by atoms with Gasteiger partial charge in [0.15, 0.2) is 11.6 Å². The SMILES string of the molecule is Cn1cc[n+](C)c1N=Nc1ccc(NCCCNc2cccc3c2C(=O)c2c(NCCCN)cccc2C3=O)cc1. The van der Waals surface area contributed by atoms with E-state index in [1.54, 1.807) is 18.2 Å². The molecule has 0 amide bonds. The molecule has 1 aromatic heterocycles. The Labute approximate surface area is 239 Å². The molecule has 10 heteroatoms. The molecular weight excluding hydrogens is 516 g/mol. The standard InChI is InChI=1S/C31H34N8O2/c1-38-19-20-39(2)31(38)37-36-22-13-11-21(12-14-22)33-17-6-18-35-26-10-4-8-24-28(26)30(41)27-23(29(24)40)7-3-9-25(27)34-16-5-15-32/h3-4,7-14,19-20H,5-6,15-18,32H2,1-2H3,(H2,34,35,41)/p+1. The lowest BCUT2D eigenvalue weighted by molar-refractivity contribution is -0.657. The fourth-order valence-electron chi connectivity index (χ4n) is 4.88. The summed E-state index contributed by atoms with van der Waals surface area (Å²) in [6.45, 7) is 2.54. The van der Waals surface area contributed by atoms with E-state index in [4.69, 9.17) is 5.73 Å². The molecule has 5 N–H and O–H groups in total. The van der Waals surface area contributed by atoms with Gasteiger partial charge in [0, 0.05) is 52.9 Å². The molecule has 0 unspecified atom stereocenters. The molecule has 1 aliphatic carbocycles. The first kappa shape index (κ1) is 27.7. The van der Waals surface area contributed by atoms with Gasteiger partial charge in [-0.3, -0.25) is 9.59 Å². The van der Waals surface area contributed by atoms with Gasteiger partial charge in [-0.1, -0.05) is 29.4 Å². The first-order valence-electron chi connectivity index (χ1n) is 13.8. The molecule has 0 bridgehead atoms. The van der Waals surface area contributed by atoms with Gasteiger partial charge >= 0.3 is 5.95 Å². The molecule has 0 aliphatic heterocycles. The van der Waals surface area contributed by atoms with Gasteiger partial charge in [-0.25, -0.2) is 9.13 Å². The third-order valence-corrected chi connectivity index (χ3v) is 7.03. The largest absolute Gasteiger partial charge is 0.421 e. The summed E-state index contributed by atoms with van der Waals surface area (Å²) < 4.78 is 3.81. The van der Waals surface area contributed by atoms with E-state index in [9.17, 15) is 9.59 Å². The van der Waals surface area contributed by atoms with E-state index < -0.39 is 0 Å². The van der Waals surface area contributed by atoms with Crippen molar-refractivity contribution in [3.05, 3.63) is 95.3 Å². The van der Waals surface area contributed by atoms with Gasteiger partial charge in [0.05, 0.1) is 37.6 Å². The van der Waals surface area contributed by atoms with Crippen LogP contribution >= 0.6 is 0 Å². The van der Waals surface area contributed by atoms with Gasteiger partial charge in [0.2, 0.25) is 0 Å². The van der Waals surface area contributed by atoms with E-state index in [1.165, 1.54) is 0 Å². The molecule has 0 fully saturated rings. The summed E-state index contributed by atoms with van der Waals surface area (Å²) in [5, 5.41) is 18.7. The lowest BCUT2D eigenvalue weighted by Crippen LogP contribution is -2.25. The number of imidazole rings is 1. The van der Waals surface area contributed by atoms with Crippen LogP contribution in [0.25, 0.3) is 0 Å². The number of fused-ring (bicyclic) bond motifs is 2. The van der Waals surface area contributed by atoms with Crippen LogP contribution in [0.3, 0.4) is 0 Å². The Balaban J connectivity index is 1.18. The highest BCUT2D eigenvalue weighted by atomic mass is 16.1. The van der Waals surface area contributed by atoms with Crippen molar-refractivity contribution >= 4 is 40.3 Å². The molecule has 1 aliphatic rings. The number of anilines is 3. The zero-order valence-corrected chi connectivity index (χ0v) is 23.4. The number of aromatic nitrogens is 2. The zero-order valence-electron chi connectivity index (χ0n) is 23.4. The van der Waals surface area contributed by atoms with Crippen LogP contribution in [0.5, 0.6) is 0 Å². The Morgan fingerprint density at radius 1 is 0.780 bits per heavy atom. The van der Waals surface area contributed by atoms with Crippen LogP contribution in [0.2, 0.25) is 0 Å². The Kier molecular flexibility index (Phi) is 8.50. The smallest absolute Gasteiger partial charge is 0.385 e. The van der Waals surface area contributed by atoms with Crippen molar-refractivity contribution in [3.8, 4) is 0 Å². The zero-order chi connectivity index (χ0) is 28.8. The maximum Gasteiger partial charge on any atom is 0.421 e. The monoisotopic (exact) mass is 551 g/mol. The van der Waals surface area contributed by atoms with Gasteiger partial charge in [-0.05, 0) is 55.8 Å². The van der Waals surface area contributed by atoms with Crippen molar-refractivity contribution in [3.63, 3.8) is 0 Å². The van der Waals surface area contributed by atoms with Crippen LogP contribution in [-0.2, 0) is 14.1 Å². The Hall–Kier alpha value is -4.83. The molecule has 41 heavy (non-hydrogen) atoms. The number of hydrogen-bond acceptors (Lipinski definition) is 8. The molecule has 10 nitrogen and oxygen atoms in total. The summed E-state index contributed by atoms with van der Waals surface area (Å²) >= 11 is 0. The maximum absolute atomic E-state index is 13.7. The number of hydrogen-bond donors (Lipinski definition) is 4. The molecule has 0 saturated carbocycles. The van der Waals surface area contributed by atoms with Gasteiger partial charge in [0.1, 0.15) is 5.69 Å². The second kappa shape index (κ2) is 12.6. The molecule has 0 saturated heterocycles. The van der Waals surface area contributed by atoms with Crippen LogP contribution < -0.4 is 26.3 Å². The van der Waals surface area contributed by atoms with Crippen molar-refractivity contribution in [2.75, 3.05) is 42.1 Å². The number of nitrogens with two attached hydrogens (primary N) is 1. The molecule has 1 heterocycles. The Morgan fingerprint density at radius 3 is 1.98 bits per heavy atom. The van der Waals surface area contributed by atoms with Crippen LogP contribution in [0.1, 0.15) is 44.7 Å². The third kappa shape index (κ3) is 6.02. The average Bonchev–Trinajstić information content (AvgIpc) is 3.31. The van der Waals surface area contributed by atoms with Crippen LogP contribution in [0.15, 0.2) is 83.3 Å². The van der Waals surface area contributed by atoms with Gasteiger partial charge in [-0.2, -0.15) is 0 Å². The summed E-state index contributed by atoms with van der Waals surface area (Å²) in [6, 6.07) is 18.5. The molecule has 3 aromatic carbocycles. The van der Waals surface area contributed by atoms with Gasteiger partial charge < -0.3 is 21.7 Å². The number of carbonyl (C=O) groups excluding carboxylic acids is 2. The Morgan fingerprint density at radius 2 is 1.39 bits per heavy atom. The molecule has 5 rings (SSSR count). The highest BCUT2D eigenvalue weighted by molar-refractivity contribution is 6.31. The van der Waals surface area contributed by atoms with E-state index in [0.29, 0.717) is 53.3 Å². The quantitative estimate of drug-likeness (QED) is 0.101. The minimum Gasteiger partial charge on any atom is -0.385 e. The molecule has 0 atom stereocenters. The van der Waals surface area contributed by atoms with Crippen molar-refractivity contribution in [2.24, 2.45) is 30.1 Å². The summed E-state index contributed by atoms with van der Waals surface area (Å²) in [5.74, 6) is 0.474. The van der Waals surface area contributed by atoms with E-state index in [0.717, 1.165) is 36.7 Å². The number of ketones is 2. The molecule has 0 radical (unpaired) electrons. The first-order valence-corrected chi connectivity index (χ1v) is 13.8. The number of nitrogens with one attached hydrogen (secondary N) is 3. The Bertz CT molecular complexity index is 1570. The number of carbonyl (C=O) groups is 2. The van der Waals surface area contributed by atoms with Crippen LogP contribution in [-0.4, -0.2) is 42.3 Å². The second-order valence-electron chi connectivity index (χ2n) is 9.96. The maximum atomic E-state index is 13.7. The molecule has 4 aromatic rings. The van der Waals surface area contributed by atoms with Gasteiger partial charge in [-0.15, -0.1) is 0 Å². The predicted octanol–water partition coefficient (Wildman–Crippen LogP) is 4.72. The minimum atomic E-state index is -0.148. The van der Waals surface area contributed by atoms with Crippen molar-refractivity contribution in [1.82, 2.24) is 4.57 Å². The summed E-state index contributed by atoms with van der Waals surface area (Å²) in [6.07, 6.45) is 5.43. The normalized spacial score (nSPS) is 12.4. The predicted molar refractivity (Wildman–Crippen MR) is 161 cm³/mol. The fourth-order valence-corrected chi connectivity index (χ4v) is 4.88. The van der Waals surface area contributed by atoms with Crippen LogP contribution in [0, 0.1) is 0 Å². The van der Waals surface area contributed by atoms with E-state index >= 15 is 0 Å². The molecule has 0 spiro atoms. The number of aryl methyl sites for hydroxylation is 2. The number of nitrogens with zero attached hydrogens (tertiary/aromatic N) is 4. The lowest BCUT2D eigenvalue weighted by atomic mass is 9.82. The fraction of sp³-hybridized carbons (Fsp3) is 0.258. The number of rotatable bonds is 12.